The molecule has 1 saturated carbocycles. The minimum Gasteiger partial charge on any atom is -0.309 e. The molecule has 0 aliphatic heterocycles. The van der Waals surface area contributed by atoms with E-state index in [9.17, 15) is 0 Å². The summed E-state index contributed by atoms with van der Waals surface area (Å²) in [5, 5.41) is 3.77. The van der Waals surface area contributed by atoms with E-state index in [-0.39, 0.29) is 0 Å². The van der Waals surface area contributed by atoms with Gasteiger partial charge in [0, 0.05) is 18.6 Å². The molecule has 1 aromatic carbocycles. The molecule has 1 aliphatic rings. The van der Waals surface area contributed by atoms with Crippen molar-refractivity contribution in [3.63, 3.8) is 0 Å². The Morgan fingerprint density at radius 3 is 2.38 bits per heavy atom. The fraction of sp³-hybridized carbons (Fsp3) is 0.684. The van der Waals surface area contributed by atoms with Gasteiger partial charge in [0.05, 0.1) is 0 Å². The lowest BCUT2D eigenvalue weighted by Gasteiger charge is -2.35. The van der Waals surface area contributed by atoms with Gasteiger partial charge in [0.25, 0.3) is 0 Å². The first-order valence-corrected chi connectivity index (χ1v) is 8.69. The van der Waals surface area contributed by atoms with Gasteiger partial charge in [-0.1, -0.05) is 43.7 Å². The third kappa shape index (κ3) is 4.82. The summed E-state index contributed by atoms with van der Waals surface area (Å²) in [6, 6.07) is 10.0. The second-order valence-electron chi connectivity index (χ2n) is 6.61. The van der Waals surface area contributed by atoms with Crippen molar-refractivity contribution >= 4 is 0 Å². The van der Waals surface area contributed by atoms with Crippen molar-refractivity contribution < 1.29 is 0 Å². The zero-order valence-electron chi connectivity index (χ0n) is 14.2. The molecule has 21 heavy (non-hydrogen) atoms. The minimum absolute atomic E-state index is 0.434. The molecule has 2 atom stereocenters. The van der Waals surface area contributed by atoms with Gasteiger partial charge in [-0.25, -0.2) is 0 Å². The van der Waals surface area contributed by atoms with Gasteiger partial charge < -0.3 is 5.32 Å². The molecule has 2 heteroatoms. The molecule has 1 N–H and O–H groups in total. The molecule has 0 bridgehead atoms. The van der Waals surface area contributed by atoms with Crippen LogP contribution in [-0.4, -0.2) is 30.6 Å². The van der Waals surface area contributed by atoms with E-state index in [1.807, 2.05) is 0 Å². The summed E-state index contributed by atoms with van der Waals surface area (Å²) in [6.07, 6.45) is 4.05. The third-order valence-electron chi connectivity index (χ3n) is 4.70. The summed E-state index contributed by atoms with van der Waals surface area (Å²) in [6.45, 7) is 12.6. The Balaban J connectivity index is 2.10. The van der Waals surface area contributed by atoms with Gasteiger partial charge in [-0.3, -0.25) is 4.90 Å². The molecule has 0 aromatic heterocycles. The van der Waals surface area contributed by atoms with Crippen molar-refractivity contribution in [1.29, 1.82) is 0 Å². The van der Waals surface area contributed by atoms with Gasteiger partial charge in [0.1, 0.15) is 0 Å². The average Bonchev–Trinajstić information content (AvgIpc) is 3.30. The van der Waals surface area contributed by atoms with Crippen LogP contribution in [0.15, 0.2) is 24.3 Å². The zero-order chi connectivity index (χ0) is 15.2. The molecular formula is C19H32N2. The van der Waals surface area contributed by atoms with Gasteiger partial charge in [-0.05, 0) is 57.7 Å². The quantitative estimate of drug-likeness (QED) is 0.734. The van der Waals surface area contributed by atoms with E-state index < -0.39 is 0 Å². The minimum atomic E-state index is 0.434. The van der Waals surface area contributed by atoms with Crippen molar-refractivity contribution in [3.8, 4) is 0 Å². The summed E-state index contributed by atoms with van der Waals surface area (Å²) in [5.74, 6) is 0.956. The Morgan fingerprint density at radius 2 is 1.86 bits per heavy atom. The van der Waals surface area contributed by atoms with Gasteiger partial charge in [0.2, 0.25) is 0 Å². The fourth-order valence-electron chi connectivity index (χ4n) is 3.07. The SMILES string of the molecule is CCCNC(c1ccc(C)cc1)C(C)N(CC)CC1CC1. The predicted molar refractivity (Wildman–Crippen MR) is 91.6 cm³/mol. The summed E-state index contributed by atoms with van der Waals surface area (Å²) in [7, 11) is 0. The van der Waals surface area contributed by atoms with E-state index in [2.05, 4.69) is 62.2 Å². The van der Waals surface area contributed by atoms with Crippen molar-refractivity contribution in [2.45, 2.75) is 59.0 Å². The predicted octanol–water partition coefficient (Wildman–Crippen LogP) is 4.16. The van der Waals surface area contributed by atoms with E-state index in [4.69, 9.17) is 0 Å². The number of nitrogens with one attached hydrogen (secondary N) is 1. The Hall–Kier alpha value is -0.860. The number of hydrogen-bond acceptors (Lipinski definition) is 2. The third-order valence-corrected chi connectivity index (χ3v) is 4.70. The maximum Gasteiger partial charge on any atom is 0.0475 e. The molecule has 0 spiro atoms. The van der Waals surface area contributed by atoms with E-state index in [1.54, 1.807) is 0 Å². The molecule has 2 nitrogen and oxygen atoms in total. The van der Waals surface area contributed by atoms with Crippen molar-refractivity contribution in [1.82, 2.24) is 10.2 Å². The molecule has 1 aliphatic carbocycles. The van der Waals surface area contributed by atoms with Crippen LogP contribution in [-0.2, 0) is 0 Å². The second-order valence-corrected chi connectivity index (χ2v) is 6.61. The highest BCUT2D eigenvalue weighted by Gasteiger charge is 2.29. The van der Waals surface area contributed by atoms with Crippen molar-refractivity contribution in [3.05, 3.63) is 35.4 Å². The lowest BCUT2D eigenvalue weighted by atomic mass is 9.97. The first kappa shape index (κ1) is 16.5. The summed E-state index contributed by atoms with van der Waals surface area (Å²) < 4.78 is 0. The van der Waals surface area contributed by atoms with Crippen molar-refractivity contribution in [2.24, 2.45) is 5.92 Å². The molecule has 2 unspecified atom stereocenters. The van der Waals surface area contributed by atoms with E-state index >= 15 is 0 Å². The van der Waals surface area contributed by atoms with Crippen LogP contribution in [0.4, 0.5) is 0 Å². The van der Waals surface area contributed by atoms with E-state index in [0.29, 0.717) is 12.1 Å². The van der Waals surface area contributed by atoms with Crippen LogP contribution in [0.2, 0.25) is 0 Å². The summed E-state index contributed by atoms with van der Waals surface area (Å²) >= 11 is 0. The molecule has 0 saturated heterocycles. The van der Waals surface area contributed by atoms with Gasteiger partial charge >= 0.3 is 0 Å². The summed E-state index contributed by atoms with van der Waals surface area (Å²) in [5.41, 5.74) is 2.77. The van der Waals surface area contributed by atoms with Crippen LogP contribution in [0.3, 0.4) is 0 Å². The lowest BCUT2D eigenvalue weighted by Crippen LogP contribution is -2.44. The maximum absolute atomic E-state index is 3.77. The largest absolute Gasteiger partial charge is 0.309 e. The molecule has 0 heterocycles. The first-order chi connectivity index (χ1) is 10.2. The number of benzene rings is 1. The average molecular weight is 288 g/mol. The van der Waals surface area contributed by atoms with Crippen molar-refractivity contribution in [2.75, 3.05) is 19.6 Å². The normalized spacial score (nSPS) is 18.0. The number of nitrogens with zero attached hydrogens (tertiary/aromatic N) is 1. The Bertz CT molecular complexity index is 408. The fourth-order valence-corrected chi connectivity index (χ4v) is 3.07. The van der Waals surface area contributed by atoms with E-state index in [0.717, 1.165) is 19.0 Å². The number of aryl methyl sites for hydroxylation is 1. The highest BCUT2D eigenvalue weighted by Crippen LogP contribution is 2.32. The Kier molecular flexibility index (Phi) is 6.25. The molecule has 0 radical (unpaired) electrons. The van der Waals surface area contributed by atoms with Crippen LogP contribution in [0, 0.1) is 12.8 Å². The standard InChI is InChI=1S/C19H32N2/c1-5-13-20-19(18-11-7-15(3)8-12-18)16(4)21(6-2)14-17-9-10-17/h7-8,11-12,16-17,19-20H,5-6,9-10,13-14H2,1-4H3. The molecule has 2 rings (SSSR count). The second kappa shape index (κ2) is 7.95. The first-order valence-electron chi connectivity index (χ1n) is 8.69. The molecule has 1 aromatic rings. The van der Waals surface area contributed by atoms with Gasteiger partial charge in [0.15, 0.2) is 0 Å². The van der Waals surface area contributed by atoms with Crippen LogP contribution in [0.5, 0.6) is 0 Å². The topological polar surface area (TPSA) is 15.3 Å². The van der Waals surface area contributed by atoms with Crippen LogP contribution < -0.4 is 5.32 Å². The van der Waals surface area contributed by atoms with Gasteiger partial charge in [-0.2, -0.15) is 0 Å². The number of likely N-dealkylation sites (N-methyl/N-ethyl adjacent to an activating group) is 1. The Morgan fingerprint density at radius 1 is 1.19 bits per heavy atom. The highest BCUT2D eigenvalue weighted by molar-refractivity contribution is 5.25. The van der Waals surface area contributed by atoms with Crippen LogP contribution >= 0.6 is 0 Å². The van der Waals surface area contributed by atoms with Crippen LogP contribution in [0.1, 0.15) is 57.2 Å². The summed E-state index contributed by atoms with van der Waals surface area (Å²) in [4.78, 5) is 2.66. The molecule has 0 amide bonds. The molecule has 118 valence electrons. The van der Waals surface area contributed by atoms with Crippen LogP contribution in [0.25, 0.3) is 0 Å². The number of hydrogen-bond donors (Lipinski definition) is 1. The monoisotopic (exact) mass is 288 g/mol. The number of rotatable bonds is 9. The maximum atomic E-state index is 3.77. The van der Waals surface area contributed by atoms with E-state index in [1.165, 1.54) is 36.9 Å². The highest BCUT2D eigenvalue weighted by atomic mass is 15.2. The molecular weight excluding hydrogens is 256 g/mol. The zero-order valence-corrected chi connectivity index (χ0v) is 14.2. The smallest absolute Gasteiger partial charge is 0.0475 e. The molecule has 1 fully saturated rings. The lowest BCUT2D eigenvalue weighted by molar-refractivity contribution is 0.170. The Labute approximate surface area is 130 Å². The van der Waals surface area contributed by atoms with Gasteiger partial charge in [-0.15, -0.1) is 0 Å².